The average Bonchev–Trinajstić information content (AvgIpc) is 2.71. The van der Waals surface area contributed by atoms with Crippen LogP contribution in [-0.4, -0.2) is 29.4 Å². The number of nitrogens with zero attached hydrogens (tertiary/aromatic N) is 3. The molecular formula is C22H25N3O. The molecule has 0 saturated carbocycles. The maximum absolute atomic E-state index is 12.7. The summed E-state index contributed by atoms with van der Waals surface area (Å²) in [5.41, 5.74) is 1.33. The van der Waals surface area contributed by atoms with Crippen molar-refractivity contribution in [2.75, 3.05) is 18.0 Å². The summed E-state index contributed by atoms with van der Waals surface area (Å²) in [5, 5.41) is 10.0. The summed E-state index contributed by atoms with van der Waals surface area (Å²) in [6, 6.07) is 22.5. The van der Waals surface area contributed by atoms with Crippen molar-refractivity contribution in [1.82, 2.24) is 4.90 Å². The fourth-order valence-corrected chi connectivity index (χ4v) is 3.67. The maximum atomic E-state index is 12.7. The number of para-hydroxylation sites is 1. The first-order valence-corrected chi connectivity index (χ1v) is 9.24. The van der Waals surface area contributed by atoms with E-state index in [-0.39, 0.29) is 5.91 Å². The van der Waals surface area contributed by atoms with E-state index in [1.807, 2.05) is 43.3 Å². The van der Waals surface area contributed by atoms with Crippen LogP contribution in [0.4, 0.5) is 5.69 Å². The first-order valence-electron chi connectivity index (χ1n) is 9.24. The topological polar surface area (TPSA) is 47.3 Å². The fourth-order valence-electron chi connectivity index (χ4n) is 3.67. The molecule has 1 amide bonds. The number of benzene rings is 2. The van der Waals surface area contributed by atoms with Crippen LogP contribution < -0.4 is 4.90 Å². The van der Waals surface area contributed by atoms with Gasteiger partial charge in [0.15, 0.2) is 0 Å². The minimum absolute atomic E-state index is 0.00857. The Kier molecular flexibility index (Phi) is 5.70. The van der Waals surface area contributed by atoms with Crippen LogP contribution in [0.5, 0.6) is 0 Å². The van der Waals surface area contributed by atoms with Crippen molar-refractivity contribution in [3.8, 4) is 6.07 Å². The molecule has 0 radical (unpaired) electrons. The Bertz CT molecular complexity index is 759. The molecule has 0 aromatic heterocycles. The third-order valence-electron chi connectivity index (χ3n) is 5.13. The molecule has 1 aliphatic rings. The number of rotatable bonds is 5. The Morgan fingerprint density at radius 3 is 2.19 bits per heavy atom. The standard InChI is InChI=1S/C22H25N3O/c1-2-21(26)25(20-11-7-4-8-12-20)22(18-23)13-15-24(16-14-22)17-19-9-5-3-6-10-19/h3-12H,2,13-17H2,1H3. The number of carbonyl (C=O) groups excluding carboxylic acids is 1. The lowest BCUT2D eigenvalue weighted by atomic mass is 9.86. The van der Waals surface area contributed by atoms with Gasteiger partial charge in [-0.3, -0.25) is 14.6 Å². The predicted octanol–water partition coefficient (Wildman–Crippen LogP) is 3.99. The van der Waals surface area contributed by atoms with Crippen LogP contribution in [0.3, 0.4) is 0 Å². The molecule has 1 heterocycles. The van der Waals surface area contributed by atoms with Crippen LogP contribution in [0.15, 0.2) is 60.7 Å². The van der Waals surface area contributed by atoms with Gasteiger partial charge in [-0.25, -0.2) is 0 Å². The van der Waals surface area contributed by atoms with Crippen molar-refractivity contribution in [2.45, 2.75) is 38.3 Å². The first kappa shape index (κ1) is 18.2. The van der Waals surface area contributed by atoms with Crippen LogP contribution in [0, 0.1) is 11.3 Å². The van der Waals surface area contributed by atoms with Crippen LogP contribution in [0.1, 0.15) is 31.7 Å². The third-order valence-corrected chi connectivity index (χ3v) is 5.13. The zero-order chi connectivity index (χ0) is 18.4. The molecule has 4 nitrogen and oxygen atoms in total. The van der Waals surface area contributed by atoms with Gasteiger partial charge in [0.2, 0.25) is 5.91 Å². The summed E-state index contributed by atoms with van der Waals surface area (Å²) in [5.74, 6) is 0.00857. The number of hydrogen-bond acceptors (Lipinski definition) is 3. The second kappa shape index (κ2) is 8.16. The fraction of sp³-hybridized carbons (Fsp3) is 0.364. The van der Waals surface area contributed by atoms with Gasteiger partial charge < -0.3 is 0 Å². The van der Waals surface area contributed by atoms with Crippen molar-refractivity contribution in [2.24, 2.45) is 0 Å². The Hall–Kier alpha value is -2.64. The van der Waals surface area contributed by atoms with Crippen molar-refractivity contribution in [1.29, 1.82) is 5.26 Å². The second-order valence-electron chi connectivity index (χ2n) is 6.82. The number of nitriles is 1. The highest BCUT2D eigenvalue weighted by molar-refractivity contribution is 5.95. The predicted molar refractivity (Wildman–Crippen MR) is 104 cm³/mol. The lowest BCUT2D eigenvalue weighted by Crippen LogP contribution is -2.57. The summed E-state index contributed by atoms with van der Waals surface area (Å²) in [6.45, 7) is 4.36. The summed E-state index contributed by atoms with van der Waals surface area (Å²) in [4.78, 5) is 16.8. The number of piperidine rings is 1. The summed E-state index contributed by atoms with van der Waals surface area (Å²) in [7, 11) is 0. The molecule has 26 heavy (non-hydrogen) atoms. The molecule has 134 valence electrons. The molecule has 0 spiro atoms. The molecule has 0 atom stereocenters. The Balaban J connectivity index is 1.78. The monoisotopic (exact) mass is 347 g/mol. The number of anilines is 1. The lowest BCUT2D eigenvalue weighted by molar-refractivity contribution is -0.119. The van der Waals surface area contributed by atoms with Crippen LogP contribution >= 0.6 is 0 Å². The molecule has 3 rings (SSSR count). The molecule has 2 aromatic rings. The highest BCUT2D eigenvalue weighted by Crippen LogP contribution is 2.34. The van der Waals surface area contributed by atoms with Gasteiger partial charge >= 0.3 is 0 Å². The zero-order valence-electron chi connectivity index (χ0n) is 15.3. The van der Waals surface area contributed by atoms with E-state index in [9.17, 15) is 10.1 Å². The van der Waals surface area contributed by atoms with E-state index in [1.54, 1.807) is 4.90 Å². The Morgan fingerprint density at radius 2 is 1.65 bits per heavy atom. The van der Waals surface area contributed by atoms with Crippen LogP contribution in [-0.2, 0) is 11.3 Å². The van der Waals surface area contributed by atoms with E-state index in [4.69, 9.17) is 0 Å². The van der Waals surface area contributed by atoms with E-state index >= 15 is 0 Å². The van der Waals surface area contributed by atoms with Gasteiger partial charge in [-0.1, -0.05) is 55.5 Å². The molecule has 0 bridgehead atoms. The summed E-state index contributed by atoms with van der Waals surface area (Å²) in [6.07, 6.45) is 1.72. The Labute approximate surface area is 155 Å². The minimum Gasteiger partial charge on any atom is -0.299 e. The normalized spacial score (nSPS) is 16.6. The smallest absolute Gasteiger partial charge is 0.228 e. The zero-order valence-corrected chi connectivity index (χ0v) is 15.3. The van der Waals surface area contributed by atoms with Gasteiger partial charge in [-0.15, -0.1) is 0 Å². The first-order chi connectivity index (χ1) is 12.7. The van der Waals surface area contributed by atoms with Crippen molar-refractivity contribution in [3.63, 3.8) is 0 Å². The highest BCUT2D eigenvalue weighted by Gasteiger charge is 2.43. The number of carbonyl (C=O) groups is 1. The lowest BCUT2D eigenvalue weighted by Gasteiger charge is -2.44. The van der Waals surface area contributed by atoms with Gasteiger partial charge in [0.05, 0.1) is 6.07 Å². The number of hydrogen-bond donors (Lipinski definition) is 0. The van der Waals surface area contributed by atoms with Crippen LogP contribution in [0.25, 0.3) is 0 Å². The second-order valence-corrected chi connectivity index (χ2v) is 6.82. The maximum Gasteiger partial charge on any atom is 0.228 e. The van der Waals surface area contributed by atoms with Crippen molar-refractivity contribution < 1.29 is 4.79 Å². The third kappa shape index (κ3) is 3.79. The quantitative estimate of drug-likeness (QED) is 0.822. The van der Waals surface area contributed by atoms with Crippen molar-refractivity contribution >= 4 is 11.6 Å². The largest absolute Gasteiger partial charge is 0.299 e. The van der Waals surface area contributed by atoms with E-state index in [0.29, 0.717) is 19.3 Å². The molecule has 1 fully saturated rings. The molecular weight excluding hydrogens is 322 g/mol. The van der Waals surface area contributed by atoms with Gasteiger partial charge in [0, 0.05) is 31.7 Å². The number of amides is 1. The van der Waals surface area contributed by atoms with E-state index < -0.39 is 5.54 Å². The molecule has 1 aliphatic heterocycles. The Morgan fingerprint density at radius 1 is 1.08 bits per heavy atom. The highest BCUT2D eigenvalue weighted by atomic mass is 16.2. The summed E-state index contributed by atoms with van der Waals surface area (Å²) >= 11 is 0. The molecule has 0 unspecified atom stereocenters. The van der Waals surface area contributed by atoms with E-state index in [1.165, 1.54) is 5.56 Å². The number of likely N-dealkylation sites (tertiary alicyclic amines) is 1. The SMILES string of the molecule is CCC(=O)N(c1ccccc1)C1(C#N)CCN(Cc2ccccc2)CC1. The van der Waals surface area contributed by atoms with Gasteiger partial charge in [-0.2, -0.15) is 5.26 Å². The minimum atomic E-state index is -0.762. The van der Waals surface area contributed by atoms with Gasteiger partial charge in [0.1, 0.15) is 5.54 Å². The van der Waals surface area contributed by atoms with Gasteiger partial charge in [0.25, 0.3) is 0 Å². The summed E-state index contributed by atoms with van der Waals surface area (Å²) < 4.78 is 0. The molecule has 1 saturated heterocycles. The van der Waals surface area contributed by atoms with E-state index in [0.717, 1.165) is 25.3 Å². The van der Waals surface area contributed by atoms with E-state index in [2.05, 4.69) is 35.2 Å². The molecule has 4 heteroatoms. The van der Waals surface area contributed by atoms with Crippen molar-refractivity contribution in [3.05, 3.63) is 66.2 Å². The van der Waals surface area contributed by atoms with Crippen LogP contribution in [0.2, 0.25) is 0 Å². The molecule has 0 aliphatic carbocycles. The molecule has 2 aromatic carbocycles. The average molecular weight is 347 g/mol. The van der Waals surface area contributed by atoms with Gasteiger partial charge in [-0.05, 0) is 30.5 Å². The molecule has 0 N–H and O–H groups in total.